The smallest absolute Gasteiger partial charge is 0.0370 e. The monoisotopic (exact) mass is 320 g/mol. The summed E-state index contributed by atoms with van der Waals surface area (Å²) >= 11 is 0. The number of hydrogen-bond donors (Lipinski definition) is 1. The summed E-state index contributed by atoms with van der Waals surface area (Å²) in [7, 11) is 0. The first-order valence-corrected chi connectivity index (χ1v) is 9.31. The van der Waals surface area contributed by atoms with Crippen LogP contribution in [-0.4, -0.2) is 23.5 Å². The maximum atomic E-state index is 3.73. The summed E-state index contributed by atoms with van der Waals surface area (Å²) in [5, 5.41) is 3.73. The van der Waals surface area contributed by atoms with E-state index in [0.717, 1.165) is 19.1 Å². The van der Waals surface area contributed by atoms with Gasteiger partial charge in [0.25, 0.3) is 0 Å². The van der Waals surface area contributed by atoms with Crippen molar-refractivity contribution in [2.45, 2.75) is 57.8 Å². The van der Waals surface area contributed by atoms with Gasteiger partial charge in [-0.1, -0.05) is 54.1 Å². The third kappa shape index (κ3) is 3.40. The zero-order valence-electron chi connectivity index (χ0n) is 14.8. The number of benzene rings is 2. The van der Waals surface area contributed by atoms with Crippen LogP contribution in [0.1, 0.15) is 47.6 Å². The highest BCUT2D eigenvalue weighted by Crippen LogP contribution is 2.40. The number of hydrogen-bond acceptors (Lipinski definition) is 2. The van der Waals surface area contributed by atoms with Crippen LogP contribution in [0.5, 0.6) is 0 Å². The average Bonchev–Trinajstić information content (AvgIpc) is 3.39. The third-order valence-corrected chi connectivity index (χ3v) is 5.66. The quantitative estimate of drug-likeness (QED) is 0.850. The van der Waals surface area contributed by atoms with E-state index >= 15 is 0 Å². The molecule has 1 saturated heterocycles. The molecule has 0 bridgehead atoms. The van der Waals surface area contributed by atoms with Crippen LogP contribution in [0.25, 0.3) is 0 Å². The normalized spacial score (nSPS) is 23.9. The minimum absolute atomic E-state index is 0.566. The van der Waals surface area contributed by atoms with Gasteiger partial charge >= 0.3 is 0 Å². The Morgan fingerprint density at radius 3 is 2.46 bits per heavy atom. The number of aryl methyl sites for hydroxylation is 2. The van der Waals surface area contributed by atoms with Gasteiger partial charge in [0.05, 0.1) is 0 Å². The Hall–Kier alpha value is -1.64. The van der Waals surface area contributed by atoms with Crippen LogP contribution >= 0.6 is 0 Å². The van der Waals surface area contributed by atoms with Gasteiger partial charge in [0.2, 0.25) is 0 Å². The van der Waals surface area contributed by atoms with Gasteiger partial charge in [-0.15, -0.1) is 0 Å². The highest BCUT2D eigenvalue weighted by atomic mass is 15.3. The fourth-order valence-corrected chi connectivity index (χ4v) is 3.78. The van der Waals surface area contributed by atoms with Crippen LogP contribution in [0.15, 0.2) is 48.5 Å². The lowest BCUT2D eigenvalue weighted by Gasteiger charge is -2.49. The molecule has 1 aliphatic carbocycles. The first-order chi connectivity index (χ1) is 11.7. The number of likely N-dealkylation sites (tertiary alicyclic amines) is 1. The van der Waals surface area contributed by atoms with Crippen LogP contribution in [0.3, 0.4) is 0 Å². The summed E-state index contributed by atoms with van der Waals surface area (Å²) in [5.74, 6) is 0. The Bertz CT molecular complexity index is 687. The van der Waals surface area contributed by atoms with Crippen molar-refractivity contribution in [2.24, 2.45) is 0 Å². The second kappa shape index (κ2) is 6.70. The Balaban J connectivity index is 1.50. The summed E-state index contributed by atoms with van der Waals surface area (Å²) in [5.41, 5.74) is 5.68. The Kier molecular flexibility index (Phi) is 4.43. The molecule has 0 aromatic heterocycles. The predicted molar refractivity (Wildman–Crippen MR) is 100 cm³/mol. The van der Waals surface area contributed by atoms with Crippen molar-refractivity contribution in [3.63, 3.8) is 0 Å². The van der Waals surface area contributed by atoms with Gasteiger partial charge in [-0.3, -0.25) is 4.90 Å². The second-order valence-corrected chi connectivity index (χ2v) is 7.60. The lowest BCUT2D eigenvalue weighted by molar-refractivity contribution is 0.00540. The third-order valence-electron chi connectivity index (χ3n) is 5.66. The molecule has 2 aliphatic rings. The molecule has 24 heavy (non-hydrogen) atoms. The molecule has 2 atom stereocenters. The second-order valence-electron chi connectivity index (χ2n) is 7.60. The van der Waals surface area contributed by atoms with Crippen molar-refractivity contribution >= 4 is 0 Å². The van der Waals surface area contributed by atoms with Crippen molar-refractivity contribution in [3.05, 3.63) is 70.8 Å². The van der Waals surface area contributed by atoms with Gasteiger partial charge in [0, 0.05) is 31.2 Å². The number of nitrogens with zero attached hydrogens (tertiary/aromatic N) is 1. The minimum Gasteiger partial charge on any atom is -0.312 e. The van der Waals surface area contributed by atoms with Gasteiger partial charge in [0.15, 0.2) is 0 Å². The summed E-state index contributed by atoms with van der Waals surface area (Å²) in [6.45, 7) is 6.59. The molecule has 1 saturated carbocycles. The molecule has 0 spiro atoms. The Labute approximate surface area is 145 Å². The minimum atomic E-state index is 0.566. The first kappa shape index (κ1) is 15.9. The van der Waals surface area contributed by atoms with Gasteiger partial charge in [0.1, 0.15) is 0 Å². The van der Waals surface area contributed by atoms with Gasteiger partial charge < -0.3 is 5.32 Å². The molecule has 2 nitrogen and oxygen atoms in total. The molecule has 0 radical (unpaired) electrons. The van der Waals surface area contributed by atoms with Gasteiger partial charge in [-0.2, -0.15) is 0 Å². The molecule has 0 amide bonds. The van der Waals surface area contributed by atoms with E-state index in [2.05, 4.69) is 72.6 Å². The summed E-state index contributed by atoms with van der Waals surface area (Å²) in [4.78, 5) is 2.70. The van der Waals surface area contributed by atoms with Crippen LogP contribution in [0.2, 0.25) is 0 Å². The van der Waals surface area contributed by atoms with Crippen molar-refractivity contribution < 1.29 is 0 Å². The lowest BCUT2D eigenvalue weighted by Crippen LogP contribution is -2.54. The molecule has 4 rings (SSSR count). The van der Waals surface area contributed by atoms with E-state index < -0.39 is 0 Å². The maximum absolute atomic E-state index is 3.73. The van der Waals surface area contributed by atoms with E-state index in [-0.39, 0.29) is 0 Å². The summed E-state index contributed by atoms with van der Waals surface area (Å²) in [6, 6.07) is 20.0. The van der Waals surface area contributed by atoms with E-state index in [9.17, 15) is 0 Å². The van der Waals surface area contributed by atoms with Crippen LogP contribution in [0, 0.1) is 13.8 Å². The van der Waals surface area contributed by atoms with Crippen LogP contribution in [0.4, 0.5) is 0 Å². The standard InChI is InChI=1S/C22H28N2/c1-16-7-9-18(10-8-16)22-13-21(14-23-20-11-12-20)24(22)15-19-6-4-3-5-17(19)2/h3-10,20-23H,11-15H2,1-2H3. The molecule has 2 fully saturated rings. The SMILES string of the molecule is Cc1ccc(C2CC(CNC3CC3)N2Cc2ccccc2C)cc1. The molecule has 2 heteroatoms. The van der Waals surface area contributed by atoms with E-state index in [0.29, 0.717) is 12.1 Å². The van der Waals surface area contributed by atoms with Gasteiger partial charge in [-0.05, 0) is 49.8 Å². The maximum Gasteiger partial charge on any atom is 0.0370 e. The van der Waals surface area contributed by atoms with E-state index in [1.54, 1.807) is 0 Å². The van der Waals surface area contributed by atoms with Crippen molar-refractivity contribution in [2.75, 3.05) is 6.54 Å². The Morgan fingerprint density at radius 2 is 1.75 bits per heavy atom. The van der Waals surface area contributed by atoms with Crippen molar-refractivity contribution in [1.29, 1.82) is 0 Å². The molecular weight excluding hydrogens is 292 g/mol. The lowest BCUT2D eigenvalue weighted by atomic mass is 9.86. The fourth-order valence-electron chi connectivity index (χ4n) is 3.78. The van der Waals surface area contributed by atoms with E-state index in [1.165, 1.54) is 41.5 Å². The predicted octanol–water partition coefficient (Wildman–Crippen LogP) is 4.37. The average molecular weight is 320 g/mol. The molecular formula is C22H28N2. The number of nitrogens with one attached hydrogen (secondary N) is 1. The van der Waals surface area contributed by atoms with Crippen LogP contribution in [-0.2, 0) is 6.54 Å². The zero-order valence-corrected chi connectivity index (χ0v) is 14.8. The highest BCUT2D eigenvalue weighted by molar-refractivity contribution is 5.29. The topological polar surface area (TPSA) is 15.3 Å². The molecule has 1 N–H and O–H groups in total. The number of rotatable bonds is 6. The molecule has 1 heterocycles. The molecule has 126 valence electrons. The largest absolute Gasteiger partial charge is 0.312 e. The van der Waals surface area contributed by atoms with E-state index in [1.807, 2.05) is 0 Å². The highest BCUT2D eigenvalue weighted by Gasteiger charge is 2.39. The summed E-state index contributed by atoms with van der Waals surface area (Å²) in [6.07, 6.45) is 4.01. The van der Waals surface area contributed by atoms with Crippen LogP contribution < -0.4 is 5.32 Å². The van der Waals surface area contributed by atoms with E-state index in [4.69, 9.17) is 0 Å². The molecule has 2 unspecified atom stereocenters. The van der Waals surface area contributed by atoms with Crippen molar-refractivity contribution in [1.82, 2.24) is 10.2 Å². The Morgan fingerprint density at radius 1 is 1.00 bits per heavy atom. The molecule has 2 aromatic rings. The molecule has 2 aromatic carbocycles. The van der Waals surface area contributed by atoms with Crippen molar-refractivity contribution in [3.8, 4) is 0 Å². The molecule has 1 aliphatic heterocycles. The summed E-state index contributed by atoms with van der Waals surface area (Å²) < 4.78 is 0. The fraction of sp³-hybridized carbons (Fsp3) is 0.455. The zero-order chi connectivity index (χ0) is 16.5. The van der Waals surface area contributed by atoms with Gasteiger partial charge in [-0.25, -0.2) is 0 Å². The first-order valence-electron chi connectivity index (χ1n) is 9.31.